The van der Waals surface area contributed by atoms with Crippen LogP contribution in [0.15, 0.2) is 60.8 Å². The summed E-state index contributed by atoms with van der Waals surface area (Å²) in [5.74, 6) is 0.312. The van der Waals surface area contributed by atoms with E-state index >= 15 is 0 Å². The van der Waals surface area contributed by atoms with Crippen molar-refractivity contribution >= 4 is 24.0 Å². The Kier molecular flexibility index (Phi) is 9.02. The number of rotatable bonds is 7. The highest BCUT2D eigenvalue weighted by molar-refractivity contribution is 5.95. The van der Waals surface area contributed by atoms with E-state index in [2.05, 4.69) is 87.1 Å². The Labute approximate surface area is 220 Å². The number of nitrogens with one attached hydrogen (secondary N) is 2. The fourth-order valence-electron chi connectivity index (χ4n) is 5.20. The maximum absolute atomic E-state index is 13.3. The molecule has 8 heteroatoms. The molecule has 2 N–H and O–H groups in total. The minimum absolute atomic E-state index is 0. The number of nitrogens with zero attached hydrogens (tertiary/aromatic N) is 4. The molecule has 5 rings (SSSR count). The van der Waals surface area contributed by atoms with Crippen molar-refractivity contribution in [2.75, 3.05) is 57.3 Å². The van der Waals surface area contributed by atoms with Crippen LogP contribution in [0.5, 0.6) is 0 Å². The number of aromatic nitrogens is 2. The lowest BCUT2D eigenvalue weighted by molar-refractivity contribution is 0.0946. The molecule has 192 valence electrons. The molecule has 3 aromatic rings. The summed E-state index contributed by atoms with van der Waals surface area (Å²) in [5.41, 5.74) is 5.28. The molecule has 0 spiro atoms. The van der Waals surface area contributed by atoms with E-state index in [1.165, 1.54) is 11.3 Å². The van der Waals surface area contributed by atoms with Crippen LogP contribution in [0, 0.1) is 6.92 Å². The van der Waals surface area contributed by atoms with Gasteiger partial charge in [0.2, 0.25) is 0 Å². The van der Waals surface area contributed by atoms with E-state index in [1.54, 1.807) is 6.20 Å². The minimum atomic E-state index is -0.0141. The Morgan fingerprint density at radius 2 is 1.67 bits per heavy atom. The average molecular weight is 509 g/mol. The number of carbonyl (C=O) groups is 1. The molecule has 0 atom stereocenters. The molecule has 1 amide bonds. The molecule has 2 fully saturated rings. The van der Waals surface area contributed by atoms with E-state index in [4.69, 9.17) is 0 Å². The number of piperidine rings is 1. The SMILES string of the molecule is Cc1ccc(-n2ncc(C(=O)NCCN3CCN(c4ccccc4)CC3)c2C2CCNCC2)cc1.Cl. The van der Waals surface area contributed by atoms with Crippen molar-refractivity contribution in [3.63, 3.8) is 0 Å². The predicted molar refractivity (Wildman–Crippen MR) is 148 cm³/mol. The van der Waals surface area contributed by atoms with Crippen LogP contribution < -0.4 is 15.5 Å². The number of benzene rings is 2. The lowest BCUT2D eigenvalue weighted by Crippen LogP contribution is -2.48. The molecule has 36 heavy (non-hydrogen) atoms. The summed E-state index contributed by atoms with van der Waals surface area (Å²) >= 11 is 0. The van der Waals surface area contributed by atoms with Gasteiger partial charge in [-0.05, 0) is 57.1 Å². The zero-order valence-corrected chi connectivity index (χ0v) is 21.8. The second-order valence-corrected chi connectivity index (χ2v) is 9.64. The number of para-hydroxylation sites is 1. The van der Waals surface area contributed by atoms with Gasteiger partial charge in [-0.3, -0.25) is 9.69 Å². The summed E-state index contributed by atoms with van der Waals surface area (Å²) in [6.07, 6.45) is 3.79. The summed E-state index contributed by atoms with van der Waals surface area (Å²) < 4.78 is 1.98. The average Bonchev–Trinajstić information content (AvgIpc) is 3.36. The zero-order chi connectivity index (χ0) is 24.0. The standard InChI is InChI=1S/C28H36N6O.ClH/c1-22-7-9-25(10-8-22)34-27(23-11-13-29-14-12-23)26(21-31-34)28(35)30-15-16-32-17-19-33(20-18-32)24-5-3-2-4-6-24;/h2-10,21,23,29H,11-20H2,1H3,(H,30,35);1H. The van der Waals surface area contributed by atoms with Crippen LogP contribution in [0.4, 0.5) is 5.69 Å². The van der Waals surface area contributed by atoms with E-state index in [0.29, 0.717) is 18.0 Å². The largest absolute Gasteiger partial charge is 0.369 e. The molecule has 0 unspecified atom stereocenters. The summed E-state index contributed by atoms with van der Waals surface area (Å²) in [7, 11) is 0. The van der Waals surface area contributed by atoms with Crippen LogP contribution in [0.2, 0.25) is 0 Å². The normalized spacial score (nSPS) is 17.0. The van der Waals surface area contributed by atoms with Crippen molar-refractivity contribution in [3.8, 4) is 5.69 Å². The minimum Gasteiger partial charge on any atom is -0.369 e. The van der Waals surface area contributed by atoms with Gasteiger partial charge in [0.25, 0.3) is 5.91 Å². The molecular weight excluding hydrogens is 472 g/mol. The Bertz CT molecular complexity index is 1100. The van der Waals surface area contributed by atoms with Gasteiger partial charge in [-0.2, -0.15) is 5.10 Å². The maximum Gasteiger partial charge on any atom is 0.254 e. The molecule has 0 aliphatic carbocycles. The molecule has 7 nitrogen and oxygen atoms in total. The van der Waals surface area contributed by atoms with Gasteiger partial charge in [0.05, 0.1) is 23.1 Å². The molecule has 2 aromatic carbocycles. The van der Waals surface area contributed by atoms with Crippen molar-refractivity contribution in [1.82, 2.24) is 25.3 Å². The van der Waals surface area contributed by atoms with Crippen molar-refractivity contribution in [2.45, 2.75) is 25.7 Å². The maximum atomic E-state index is 13.3. The van der Waals surface area contributed by atoms with Crippen molar-refractivity contribution in [2.24, 2.45) is 0 Å². The highest BCUT2D eigenvalue weighted by atomic mass is 35.5. The lowest BCUT2D eigenvalue weighted by Gasteiger charge is -2.36. The van der Waals surface area contributed by atoms with Crippen LogP contribution in [-0.2, 0) is 0 Å². The fourth-order valence-corrected chi connectivity index (χ4v) is 5.20. The molecule has 2 saturated heterocycles. The number of amides is 1. The van der Waals surface area contributed by atoms with Crippen LogP contribution in [0.3, 0.4) is 0 Å². The topological polar surface area (TPSA) is 65.4 Å². The van der Waals surface area contributed by atoms with Crippen LogP contribution in [-0.4, -0.2) is 72.9 Å². The lowest BCUT2D eigenvalue weighted by atomic mass is 9.91. The highest BCUT2D eigenvalue weighted by Gasteiger charge is 2.27. The van der Waals surface area contributed by atoms with Crippen molar-refractivity contribution in [3.05, 3.63) is 77.6 Å². The number of anilines is 1. The molecule has 0 saturated carbocycles. The fraction of sp³-hybridized carbons (Fsp3) is 0.429. The quantitative estimate of drug-likeness (QED) is 0.510. The van der Waals surface area contributed by atoms with E-state index in [1.807, 2.05) is 4.68 Å². The van der Waals surface area contributed by atoms with Crippen molar-refractivity contribution in [1.29, 1.82) is 0 Å². The van der Waals surface area contributed by atoms with E-state index in [0.717, 1.165) is 70.0 Å². The summed E-state index contributed by atoms with van der Waals surface area (Å²) in [6, 6.07) is 19.0. The number of carbonyl (C=O) groups excluding carboxylic acids is 1. The Morgan fingerprint density at radius 3 is 2.36 bits per heavy atom. The van der Waals surface area contributed by atoms with E-state index < -0.39 is 0 Å². The van der Waals surface area contributed by atoms with E-state index in [-0.39, 0.29) is 18.3 Å². The molecule has 3 heterocycles. The third kappa shape index (κ3) is 6.09. The second-order valence-electron chi connectivity index (χ2n) is 9.64. The Balaban J connectivity index is 0.00000304. The first-order valence-electron chi connectivity index (χ1n) is 12.9. The number of hydrogen-bond acceptors (Lipinski definition) is 5. The van der Waals surface area contributed by atoms with E-state index in [9.17, 15) is 4.79 Å². The molecule has 1 aromatic heterocycles. The second kappa shape index (κ2) is 12.4. The van der Waals surface area contributed by atoms with Gasteiger partial charge < -0.3 is 15.5 Å². The first-order valence-corrected chi connectivity index (χ1v) is 12.9. The van der Waals surface area contributed by atoms with Gasteiger partial charge >= 0.3 is 0 Å². The Hall–Kier alpha value is -2.87. The van der Waals surface area contributed by atoms with Crippen LogP contribution in [0.1, 0.15) is 40.4 Å². The number of hydrogen-bond donors (Lipinski definition) is 2. The van der Waals surface area contributed by atoms with Crippen LogP contribution >= 0.6 is 12.4 Å². The monoisotopic (exact) mass is 508 g/mol. The molecule has 0 bridgehead atoms. The Morgan fingerprint density at radius 1 is 0.972 bits per heavy atom. The highest BCUT2D eigenvalue weighted by Crippen LogP contribution is 2.30. The molecular formula is C28H37ClN6O. The third-order valence-corrected chi connectivity index (χ3v) is 7.26. The predicted octanol–water partition coefficient (Wildman–Crippen LogP) is 3.62. The third-order valence-electron chi connectivity index (χ3n) is 7.26. The smallest absolute Gasteiger partial charge is 0.254 e. The van der Waals surface area contributed by atoms with Gasteiger partial charge in [-0.25, -0.2) is 4.68 Å². The summed E-state index contributed by atoms with van der Waals surface area (Å²) in [4.78, 5) is 18.1. The molecule has 2 aliphatic heterocycles. The van der Waals surface area contributed by atoms with Crippen molar-refractivity contribution < 1.29 is 4.79 Å². The van der Waals surface area contributed by atoms with Crippen LogP contribution in [0.25, 0.3) is 5.69 Å². The van der Waals surface area contributed by atoms with Gasteiger partial charge in [0, 0.05) is 50.9 Å². The molecule has 0 radical (unpaired) electrons. The van der Waals surface area contributed by atoms with Gasteiger partial charge in [-0.1, -0.05) is 35.9 Å². The molecule has 2 aliphatic rings. The zero-order valence-electron chi connectivity index (χ0n) is 21.0. The van der Waals surface area contributed by atoms with Gasteiger partial charge in [0.15, 0.2) is 0 Å². The summed E-state index contributed by atoms with van der Waals surface area (Å²) in [5, 5.41) is 11.3. The first kappa shape index (κ1) is 26.2. The van der Waals surface area contributed by atoms with Gasteiger partial charge in [0.1, 0.15) is 0 Å². The number of aryl methyl sites for hydroxylation is 1. The first-order chi connectivity index (χ1) is 17.2. The number of halogens is 1. The number of piperazine rings is 1. The van der Waals surface area contributed by atoms with Gasteiger partial charge in [-0.15, -0.1) is 12.4 Å². The summed E-state index contributed by atoms with van der Waals surface area (Å²) in [6.45, 7) is 9.59.